The molecule has 8 heteroatoms. The second-order valence-corrected chi connectivity index (χ2v) is 6.49. The molecule has 2 aromatic heterocycles. The van der Waals surface area contributed by atoms with Crippen molar-refractivity contribution < 1.29 is 18.3 Å². The van der Waals surface area contributed by atoms with Crippen LogP contribution in [0.1, 0.15) is 54.7 Å². The van der Waals surface area contributed by atoms with Gasteiger partial charge in [0.2, 0.25) is 5.78 Å². The Bertz CT molecular complexity index is 908. The molecule has 0 saturated carbocycles. The summed E-state index contributed by atoms with van der Waals surface area (Å²) in [6, 6.07) is 4.38. The number of nitrogens with one attached hydrogen (secondary N) is 1. The number of carbonyl (C=O) groups excluding carboxylic acids is 1. The molecule has 0 bridgehead atoms. The fourth-order valence-corrected chi connectivity index (χ4v) is 2.93. The molecule has 7 nitrogen and oxygen atoms in total. The van der Waals surface area contributed by atoms with Crippen molar-refractivity contribution in [3.63, 3.8) is 0 Å². The summed E-state index contributed by atoms with van der Waals surface area (Å²) in [6.45, 7) is 0. The molecular weight excluding hydrogens is 363 g/mol. The van der Waals surface area contributed by atoms with Crippen molar-refractivity contribution in [2.45, 2.75) is 38.1 Å². The SMILES string of the molecule is COc1ccc(-c2cnc(C(N)CCCCCC(=O)c3ncco3)[nH]2)c(F)c1. The first-order valence-corrected chi connectivity index (χ1v) is 9.15. The number of ether oxygens (including phenoxy) is 1. The minimum absolute atomic E-state index is 0.0912. The largest absolute Gasteiger partial charge is 0.497 e. The number of nitrogens with zero attached hydrogens (tertiary/aromatic N) is 2. The molecule has 0 aliphatic heterocycles. The zero-order valence-electron chi connectivity index (χ0n) is 15.7. The fourth-order valence-electron chi connectivity index (χ4n) is 2.93. The highest BCUT2D eigenvalue weighted by Gasteiger charge is 2.14. The number of oxazole rings is 1. The summed E-state index contributed by atoms with van der Waals surface area (Å²) in [4.78, 5) is 23.0. The number of aromatic amines is 1. The van der Waals surface area contributed by atoms with Gasteiger partial charge in [-0.1, -0.05) is 12.8 Å². The quantitative estimate of drug-likeness (QED) is 0.402. The summed E-state index contributed by atoms with van der Waals surface area (Å²) in [5, 5.41) is 0. The lowest BCUT2D eigenvalue weighted by atomic mass is 10.1. The van der Waals surface area contributed by atoms with Crippen LogP contribution < -0.4 is 10.5 Å². The van der Waals surface area contributed by atoms with Gasteiger partial charge in [0.1, 0.15) is 23.7 Å². The van der Waals surface area contributed by atoms with E-state index in [4.69, 9.17) is 14.9 Å². The molecule has 0 spiro atoms. The summed E-state index contributed by atoms with van der Waals surface area (Å²) in [5.41, 5.74) is 7.18. The number of hydrogen-bond donors (Lipinski definition) is 2. The van der Waals surface area contributed by atoms with Gasteiger partial charge in [-0.05, 0) is 25.0 Å². The van der Waals surface area contributed by atoms with E-state index in [0.29, 0.717) is 35.7 Å². The summed E-state index contributed by atoms with van der Waals surface area (Å²) in [7, 11) is 1.49. The van der Waals surface area contributed by atoms with Crippen molar-refractivity contribution in [2.24, 2.45) is 5.73 Å². The van der Waals surface area contributed by atoms with Crippen LogP contribution in [-0.4, -0.2) is 27.8 Å². The highest BCUT2D eigenvalue weighted by Crippen LogP contribution is 2.26. The number of halogens is 1. The third kappa shape index (κ3) is 4.83. The topological polar surface area (TPSA) is 107 Å². The second kappa shape index (κ2) is 9.27. The molecular formula is C20H23FN4O3. The lowest BCUT2D eigenvalue weighted by molar-refractivity contribution is 0.0945. The Kier molecular flexibility index (Phi) is 6.54. The van der Waals surface area contributed by atoms with E-state index in [9.17, 15) is 9.18 Å². The molecule has 3 aromatic rings. The van der Waals surface area contributed by atoms with Gasteiger partial charge in [-0.2, -0.15) is 0 Å². The predicted molar refractivity (Wildman–Crippen MR) is 101 cm³/mol. The smallest absolute Gasteiger partial charge is 0.263 e. The monoisotopic (exact) mass is 386 g/mol. The maximum Gasteiger partial charge on any atom is 0.263 e. The van der Waals surface area contributed by atoms with Crippen LogP contribution in [0.5, 0.6) is 5.75 Å². The Hall–Kier alpha value is -3.00. The number of imidazole rings is 1. The van der Waals surface area contributed by atoms with Gasteiger partial charge in [0, 0.05) is 18.1 Å². The number of H-pyrrole nitrogens is 1. The molecule has 148 valence electrons. The molecule has 0 amide bonds. The number of methoxy groups -OCH3 is 1. The number of unbranched alkanes of at least 4 members (excludes halogenated alkanes) is 2. The third-order valence-electron chi connectivity index (χ3n) is 4.50. The molecule has 0 radical (unpaired) electrons. The van der Waals surface area contributed by atoms with E-state index >= 15 is 0 Å². The van der Waals surface area contributed by atoms with Crippen LogP contribution in [-0.2, 0) is 0 Å². The number of Topliss-reactive ketones (excluding diaryl/α,β-unsaturated/α-hetero) is 1. The first-order chi connectivity index (χ1) is 13.6. The number of benzene rings is 1. The highest BCUT2D eigenvalue weighted by molar-refractivity contribution is 5.91. The molecule has 0 saturated heterocycles. The Morgan fingerprint density at radius 1 is 1.32 bits per heavy atom. The Morgan fingerprint density at radius 2 is 2.18 bits per heavy atom. The number of hydrogen-bond acceptors (Lipinski definition) is 6. The number of ketones is 1. The molecule has 1 aromatic carbocycles. The Morgan fingerprint density at radius 3 is 2.89 bits per heavy atom. The summed E-state index contributed by atoms with van der Waals surface area (Å²) in [5.74, 6) is 0.746. The molecule has 0 fully saturated rings. The van der Waals surface area contributed by atoms with Gasteiger partial charge in [0.15, 0.2) is 0 Å². The first-order valence-electron chi connectivity index (χ1n) is 9.15. The van der Waals surface area contributed by atoms with Crippen molar-refractivity contribution in [2.75, 3.05) is 7.11 Å². The van der Waals surface area contributed by atoms with Gasteiger partial charge < -0.3 is 19.9 Å². The zero-order chi connectivity index (χ0) is 19.9. The average Bonchev–Trinajstić information content (AvgIpc) is 3.39. The molecule has 1 unspecified atom stereocenters. The Balaban J connectivity index is 1.46. The third-order valence-corrected chi connectivity index (χ3v) is 4.50. The van der Waals surface area contributed by atoms with Gasteiger partial charge in [-0.15, -0.1) is 0 Å². The van der Waals surface area contributed by atoms with Crippen LogP contribution in [0.3, 0.4) is 0 Å². The van der Waals surface area contributed by atoms with Crippen LogP contribution in [0.15, 0.2) is 41.3 Å². The second-order valence-electron chi connectivity index (χ2n) is 6.49. The van der Waals surface area contributed by atoms with Gasteiger partial charge in [-0.3, -0.25) is 4.79 Å². The van der Waals surface area contributed by atoms with E-state index in [-0.39, 0.29) is 23.5 Å². The average molecular weight is 386 g/mol. The van der Waals surface area contributed by atoms with Crippen LogP contribution in [0.2, 0.25) is 0 Å². The standard InChI is InChI=1S/C20H23FN4O3/c1-27-13-7-8-14(15(21)11-13)17-12-24-19(25-17)16(22)5-3-2-4-6-18(26)20-23-9-10-28-20/h7-12,16H,2-6,22H2,1H3,(H,24,25). The molecule has 3 N–H and O–H groups in total. The van der Waals surface area contributed by atoms with Crippen molar-refractivity contribution in [3.8, 4) is 17.0 Å². The minimum Gasteiger partial charge on any atom is -0.497 e. The van der Waals surface area contributed by atoms with Crippen molar-refractivity contribution in [1.29, 1.82) is 0 Å². The van der Waals surface area contributed by atoms with Crippen molar-refractivity contribution >= 4 is 5.78 Å². The van der Waals surface area contributed by atoms with Gasteiger partial charge in [-0.25, -0.2) is 14.4 Å². The van der Waals surface area contributed by atoms with Gasteiger partial charge >= 0.3 is 0 Å². The van der Waals surface area contributed by atoms with Crippen LogP contribution in [0.4, 0.5) is 4.39 Å². The zero-order valence-corrected chi connectivity index (χ0v) is 15.7. The van der Waals surface area contributed by atoms with Crippen LogP contribution in [0.25, 0.3) is 11.3 Å². The van der Waals surface area contributed by atoms with Gasteiger partial charge in [0.25, 0.3) is 5.89 Å². The van der Waals surface area contributed by atoms with E-state index in [1.54, 1.807) is 18.3 Å². The molecule has 3 rings (SSSR count). The van der Waals surface area contributed by atoms with Gasteiger partial charge in [0.05, 0.1) is 31.2 Å². The summed E-state index contributed by atoms with van der Waals surface area (Å²) >= 11 is 0. The maximum absolute atomic E-state index is 14.2. The lowest BCUT2D eigenvalue weighted by Crippen LogP contribution is -2.12. The molecule has 28 heavy (non-hydrogen) atoms. The number of nitrogens with two attached hydrogens (primary N) is 1. The normalized spacial score (nSPS) is 12.1. The number of rotatable bonds is 10. The van der Waals surface area contributed by atoms with E-state index in [2.05, 4.69) is 15.0 Å². The van der Waals surface area contributed by atoms with Crippen molar-refractivity contribution in [1.82, 2.24) is 15.0 Å². The number of carbonyl (C=O) groups is 1. The minimum atomic E-state index is -0.390. The maximum atomic E-state index is 14.2. The lowest BCUT2D eigenvalue weighted by Gasteiger charge is -2.08. The van der Waals surface area contributed by atoms with E-state index in [1.165, 1.54) is 25.6 Å². The van der Waals surface area contributed by atoms with Crippen molar-refractivity contribution in [3.05, 3.63) is 54.4 Å². The van der Waals surface area contributed by atoms with E-state index < -0.39 is 0 Å². The molecule has 0 aliphatic rings. The summed E-state index contributed by atoms with van der Waals surface area (Å²) in [6.07, 6.45) is 8.00. The highest BCUT2D eigenvalue weighted by atomic mass is 19.1. The molecule has 1 atom stereocenters. The van der Waals surface area contributed by atoms with Crippen LogP contribution >= 0.6 is 0 Å². The Labute approximate surface area is 162 Å². The van der Waals surface area contributed by atoms with E-state index in [0.717, 1.165) is 19.3 Å². The molecule has 0 aliphatic carbocycles. The first kappa shape index (κ1) is 19.8. The predicted octanol–water partition coefficient (Wildman–Crippen LogP) is 4.05. The number of aromatic nitrogens is 3. The summed E-state index contributed by atoms with van der Waals surface area (Å²) < 4.78 is 24.2. The van der Waals surface area contributed by atoms with E-state index in [1.807, 2.05) is 0 Å². The molecule has 2 heterocycles. The fraction of sp³-hybridized carbons (Fsp3) is 0.350. The van der Waals surface area contributed by atoms with Crippen LogP contribution in [0, 0.1) is 5.82 Å².